The molecule has 0 amide bonds. The van der Waals surface area contributed by atoms with E-state index in [2.05, 4.69) is 4.72 Å². The standard InChI is InChI=1S/C8H18N2O3S3/c1-3-7(8(9)14)16(12,13)10-5-4-6-15(2)11/h7,10H,3-6H2,1-2H3,(H2,9,14). The van der Waals surface area contributed by atoms with Gasteiger partial charge in [0.25, 0.3) is 0 Å². The third-order valence-electron chi connectivity index (χ3n) is 1.97. The Morgan fingerprint density at radius 3 is 2.50 bits per heavy atom. The summed E-state index contributed by atoms with van der Waals surface area (Å²) in [7, 11) is -4.39. The van der Waals surface area contributed by atoms with Crippen LogP contribution in [-0.2, 0) is 20.8 Å². The predicted octanol–water partition coefficient (Wildman–Crippen LogP) is -0.261. The number of hydrogen-bond donors (Lipinski definition) is 2. The highest BCUT2D eigenvalue weighted by Crippen LogP contribution is 2.04. The molecule has 96 valence electrons. The van der Waals surface area contributed by atoms with Crippen molar-refractivity contribution < 1.29 is 12.6 Å². The molecule has 0 aromatic rings. The monoisotopic (exact) mass is 286 g/mol. The second kappa shape index (κ2) is 7.31. The Hall–Kier alpha value is -0.0500. The van der Waals surface area contributed by atoms with Gasteiger partial charge in [-0.1, -0.05) is 19.1 Å². The van der Waals surface area contributed by atoms with Crippen molar-refractivity contribution in [1.82, 2.24) is 4.72 Å². The summed E-state index contributed by atoms with van der Waals surface area (Å²) >= 11 is 4.69. The van der Waals surface area contributed by atoms with Crippen LogP contribution in [0.5, 0.6) is 0 Å². The van der Waals surface area contributed by atoms with Crippen LogP contribution in [0.15, 0.2) is 0 Å². The number of nitrogens with one attached hydrogen (secondary N) is 1. The molecule has 16 heavy (non-hydrogen) atoms. The molecule has 5 nitrogen and oxygen atoms in total. The highest BCUT2D eigenvalue weighted by molar-refractivity contribution is 7.93. The van der Waals surface area contributed by atoms with Crippen molar-refractivity contribution in [2.24, 2.45) is 5.73 Å². The summed E-state index contributed by atoms with van der Waals surface area (Å²) in [6.45, 7) is 1.98. The van der Waals surface area contributed by atoms with Gasteiger partial charge >= 0.3 is 0 Å². The van der Waals surface area contributed by atoms with E-state index in [1.165, 1.54) is 0 Å². The average molecular weight is 286 g/mol. The Morgan fingerprint density at radius 2 is 2.12 bits per heavy atom. The van der Waals surface area contributed by atoms with Gasteiger partial charge in [-0.3, -0.25) is 4.21 Å². The molecule has 0 saturated heterocycles. The van der Waals surface area contributed by atoms with Gasteiger partial charge in [-0.2, -0.15) is 0 Å². The van der Waals surface area contributed by atoms with Gasteiger partial charge in [0, 0.05) is 29.4 Å². The minimum absolute atomic E-state index is 0.0194. The Kier molecular flexibility index (Phi) is 7.29. The van der Waals surface area contributed by atoms with Crippen LogP contribution < -0.4 is 10.5 Å². The summed E-state index contributed by atoms with van der Waals surface area (Å²) in [5.74, 6) is 0.479. The first-order valence-corrected chi connectivity index (χ1v) is 8.57. The van der Waals surface area contributed by atoms with E-state index in [1.807, 2.05) is 0 Å². The van der Waals surface area contributed by atoms with Crippen LogP contribution in [0.25, 0.3) is 0 Å². The van der Waals surface area contributed by atoms with E-state index >= 15 is 0 Å². The molecule has 0 aromatic heterocycles. The molecule has 0 fully saturated rings. The van der Waals surface area contributed by atoms with E-state index in [0.717, 1.165) is 0 Å². The zero-order valence-corrected chi connectivity index (χ0v) is 11.9. The lowest BCUT2D eigenvalue weighted by Gasteiger charge is -2.14. The quantitative estimate of drug-likeness (QED) is 0.474. The summed E-state index contributed by atoms with van der Waals surface area (Å²) in [5.41, 5.74) is 5.35. The molecule has 0 aliphatic heterocycles. The molecule has 0 rings (SSSR count). The summed E-state index contributed by atoms with van der Waals surface area (Å²) in [6, 6.07) is 0. The summed E-state index contributed by atoms with van der Waals surface area (Å²) in [5, 5.41) is -0.824. The van der Waals surface area contributed by atoms with Crippen LogP contribution in [-0.4, -0.2) is 41.4 Å². The summed E-state index contributed by atoms with van der Waals surface area (Å²) in [6.07, 6.45) is 2.47. The molecule has 8 heteroatoms. The lowest BCUT2D eigenvalue weighted by Crippen LogP contribution is -2.42. The first-order valence-electron chi connectivity index (χ1n) is 4.89. The molecule has 0 aromatic carbocycles. The molecule has 0 saturated carbocycles. The minimum Gasteiger partial charge on any atom is -0.392 e. The van der Waals surface area contributed by atoms with Crippen molar-refractivity contribution in [3.63, 3.8) is 0 Å². The fourth-order valence-corrected chi connectivity index (χ4v) is 3.64. The second-order valence-electron chi connectivity index (χ2n) is 3.37. The van der Waals surface area contributed by atoms with Gasteiger partial charge in [0.2, 0.25) is 10.0 Å². The van der Waals surface area contributed by atoms with Gasteiger partial charge in [0.15, 0.2) is 0 Å². The van der Waals surface area contributed by atoms with E-state index in [0.29, 0.717) is 18.6 Å². The molecule has 3 N–H and O–H groups in total. The van der Waals surface area contributed by atoms with E-state index in [-0.39, 0.29) is 11.5 Å². The lowest BCUT2D eigenvalue weighted by molar-refractivity contribution is 0.573. The zero-order chi connectivity index (χ0) is 12.8. The molecule has 0 heterocycles. The van der Waals surface area contributed by atoms with Crippen LogP contribution in [0, 0.1) is 0 Å². The first-order chi connectivity index (χ1) is 7.31. The lowest BCUT2D eigenvalue weighted by atomic mass is 10.3. The fraction of sp³-hybridized carbons (Fsp3) is 0.875. The third kappa shape index (κ3) is 5.88. The van der Waals surface area contributed by atoms with Gasteiger partial charge in [0.05, 0.1) is 4.99 Å². The Bertz CT molecular complexity index is 354. The highest BCUT2D eigenvalue weighted by atomic mass is 32.2. The van der Waals surface area contributed by atoms with Crippen LogP contribution in [0.1, 0.15) is 19.8 Å². The third-order valence-corrected chi connectivity index (χ3v) is 5.21. The summed E-state index contributed by atoms with van der Waals surface area (Å²) < 4.78 is 36.6. The molecule has 0 bridgehead atoms. The molecule has 2 atom stereocenters. The molecule has 0 spiro atoms. The number of nitrogens with two attached hydrogens (primary N) is 1. The maximum Gasteiger partial charge on any atom is 0.220 e. The molecular weight excluding hydrogens is 268 g/mol. The first kappa shape index (κ1) is 16.0. The number of sulfonamides is 1. The Balaban J connectivity index is 4.24. The normalized spacial score (nSPS) is 15.6. The molecule has 0 aliphatic rings. The molecule has 0 radical (unpaired) electrons. The van der Waals surface area contributed by atoms with Crippen molar-refractivity contribution in [2.45, 2.75) is 25.0 Å². The van der Waals surface area contributed by atoms with Crippen LogP contribution in [0.3, 0.4) is 0 Å². The van der Waals surface area contributed by atoms with Crippen molar-refractivity contribution in [2.75, 3.05) is 18.6 Å². The van der Waals surface area contributed by atoms with Crippen LogP contribution in [0.2, 0.25) is 0 Å². The minimum atomic E-state index is -3.48. The highest BCUT2D eigenvalue weighted by Gasteiger charge is 2.25. The van der Waals surface area contributed by atoms with E-state index in [9.17, 15) is 12.6 Å². The van der Waals surface area contributed by atoms with E-state index < -0.39 is 26.1 Å². The second-order valence-corrected chi connectivity index (χ2v) is 7.34. The van der Waals surface area contributed by atoms with Gasteiger partial charge in [-0.25, -0.2) is 13.1 Å². The SMILES string of the molecule is CCC(C(N)=S)S(=O)(=O)NCCCS(C)=O. The Morgan fingerprint density at radius 1 is 1.56 bits per heavy atom. The van der Waals surface area contributed by atoms with Crippen molar-refractivity contribution in [3.05, 3.63) is 0 Å². The van der Waals surface area contributed by atoms with Crippen molar-refractivity contribution in [1.29, 1.82) is 0 Å². The topological polar surface area (TPSA) is 89.3 Å². The molecule has 0 aliphatic carbocycles. The van der Waals surface area contributed by atoms with Crippen molar-refractivity contribution in [3.8, 4) is 0 Å². The number of rotatable bonds is 8. The maximum absolute atomic E-state index is 11.7. The molecule has 2 unspecified atom stereocenters. The maximum atomic E-state index is 11.7. The van der Waals surface area contributed by atoms with Crippen molar-refractivity contribution >= 4 is 38.0 Å². The van der Waals surface area contributed by atoms with E-state index in [4.69, 9.17) is 18.0 Å². The number of hydrogen-bond acceptors (Lipinski definition) is 4. The Labute approximate surface area is 105 Å². The molecular formula is C8H18N2O3S3. The van der Waals surface area contributed by atoms with Gasteiger partial charge < -0.3 is 5.73 Å². The van der Waals surface area contributed by atoms with Crippen LogP contribution in [0.4, 0.5) is 0 Å². The smallest absolute Gasteiger partial charge is 0.220 e. The van der Waals surface area contributed by atoms with E-state index in [1.54, 1.807) is 13.2 Å². The average Bonchev–Trinajstić information content (AvgIpc) is 2.12. The summed E-state index contributed by atoms with van der Waals surface area (Å²) in [4.78, 5) is -0.0194. The fourth-order valence-electron chi connectivity index (χ4n) is 1.16. The largest absolute Gasteiger partial charge is 0.392 e. The van der Waals surface area contributed by atoms with Gasteiger partial charge in [-0.05, 0) is 12.8 Å². The van der Waals surface area contributed by atoms with Gasteiger partial charge in [-0.15, -0.1) is 0 Å². The van der Waals surface area contributed by atoms with Crippen LogP contribution >= 0.6 is 12.2 Å². The van der Waals surface area contributed by atoms with Gasteiger partial charge in [0.1, 0.15) is 5.25 Å². The zero-order valence-electron chi connectivity index (χ0n) is 9.43. The number of thiocarbonyl (C=S) groups is 1. The predicted molar refractivity (Wildman–Crippen MR) is 71.3 cm³/mol.